The Balaban J connectivity index is 1.72. The Hall–Kier alpha value is -1.14. The first-order valence-corrected chi connectivity index (χ1v) is 11.1. The second-order valence-electron chi connectivity index (χ2n) is 6.95. The van der Waals surface area contributed by atoms with Gasteiger partial charge in [-0.1, -0.05) is 49.6 Å². The van der Waals surface area contributed by atoms with Crippen molar-refractivity contribution in [2.45, 2.75) is 57.2 Å². The Bertz CT molecular complexity index is 655. The number of benzene rings is 1. The third kappa shape index (κ3) is 4.70. The van der Waals surface area contributed by atoms with E-state index in [1.165, 1.54) is 19.3 Å². The largest absolute Gasteiger partial charge is 0.360 e. The van der Waals surface area contributed by atoms with Crippen molar-refractivity contribution in [1.82, 2.24) is 10.2 Å². The van der Waals surface area contributed by atoms with Gasteiger partial charge in [0, 0.05) is 18.6 Å². The lowest BCUT2D eigenvalue weighted by atomic mass is 9.96. The number of nitrogens with zero attached hydrogens (tertiary/aromatic N) is 1. The van der Waals surface area contributed by atoms with Crippen molar-refractivity contribution < 1.29 is 8.42 Å². The molecule has 1 saturated heterocycles. The molecular weight excluding hydrogens is 340 g/mol. The van der Waals surface area contributed by atoms with E-state index in [1.807, 2.05) is 18.2 Å². The maximum absolute atomic E-state index is 11.9. The Labute approximate surface area is 150 Å². The number of thiocarbonyl (C=S) groups is 1. The minimum Gasteiger partial charge on any atom is -0.360 e. The summed E-state index contributed by atoms with van der Waals surface area (Å²) in [5, 5.41) is 4.22. The molecule has 2 fully saturated rings. The summed E-state index contributed by atoms with van der Waals surface area (Å²) in [6.45, 7) is 0.666. The zero-order valence-electron chi connectivity index (χ0n) is 14.0. The first-order chi connectivity index (χ1) is 11.5. The summed E-state index contributed by atoms with van der Waals surface area (Å²) in [4.78, 5) is 2.10. The lowest BCUT2D eigenvalue weighted by molar-refractivity contribution is 0.310. The average Bonchev–Trinajstić information content (AvgIpc) is 2.94. The fourth-order valence-corrected chi connectivity index (χ4v) is 5.78. The van der Waals surface area contributed by atoms with E-state index in [9.17, 15) is 8.42 Å². The summed E-state index contributed by atoms with van der Waals surface area (Å²) in [5.41, 5.74) is 1.16. The van der Waals surface area contributed by atoms with Crippen LogP contribution in [0.15, 0.2) is 30.3 Å². The zero-order valence-corrected chi connectivity index (χ0v) is 15.6. The number of rotatable bonds is 4. The maximum Gasteiger partial charge on any atom is 0.169 e. The summed E-state index contributed by atoms with van der Waals surface area (Å²) in [6.07, 6.45) is 6.78. The third-order valence-electron chi connectivity index (χ3n) is 5.04. The van der Waals surface area contributed by atoms with Gasteiger partial charge in [0.05, 0.1) is 11.5 Å². The van der Waals surface area contributed by atoms with E-state index in [4.69, 9.17) is 12.2 Å². The van der Waals surface area contributed by atoms with Crippen molar-refractivity contribution in [2.75, 3.05) is 11.5 Å². The topological polar surface area (TPSA) is 49.4 Å². The van der Waals surface area contributed by atoms with Crippen molar-refractivity contribution in [3.8, 4) is 0 Å². The quantitative estimate of drug-likeness (QED) is 0.831. The van der Waals surface area contributed by atoms with E-state index in [0.717, 1.165) is 18.4 Å². The predicted molar refractivity (Wildman–Crippen MR) is 102 cm³/mol. The molecule has 0 bridgehead atoms. The van der Waals surface area contributed by atoms with Gasteiger partial charge in [-0.05, 0) is 37.0 Å². The highest BCUT2D eigenvalue weighted by Crippen LogP contribution is 2.22. The van der Waals surface area contributed by atoms with Crippen LogP contribution in [0.3, 0.4) is 0 Å². The molecule has 0 amide bonds. The van der Waals surface area contributed by atoms with E-state index in [2.05, 4.69) is 22.3 Å². The third-order valence-corrected chi connectivity index (χ3v) is 7.14. The second kappa shape index (κ2) is 7.83. The molecule has 1 aliphatic heterocycles. The SMILES string of the molecule is O=S1(=O)CC[C@@H](N(Cc2ccccc2)C(=S)NC2CCCCC2)C1. The van der Waals surface area contributed by atoms with Crippen LogP contribution in [0.2, 0.25) is 0 Å². The second-order valence-corrected chi connectivity index (χ2v) is 9.57. The van der Waals surface area contributed by atoms with Gasteiger partial charge in [-0.3, -0.25) is 0 Å². The van der Waals surface area contributed by atoms with Crippen LogP contribution >= 0.6 is 12.2 Å². The van der Waals surface area contributed by atoms with E-state index < -0.39 is 9.84 Å². The van der Waals surface area contributed by atoms with Crippen LogP contribution in [-0.4, -0.2) is 42.0 Å². The molecule has 1 aromatic carbocycles. The van der Waals surface area contributed by atoms with Crippen molar-refractivity contribution in [1.29, 1.82) is 0 Å². The molecule has 1 heterocycles. The molecule has 0 aromatic heterocycles. The van der Waals surface area contributed by atoms with Gasteiger partial charge in [0.25, 0.3) is 0 Å². The summed E-state index contributed by atoms with van der Waals surface area (Å²) < 4.78 is 23.8. The number of sulfone groups is 1. The van der Waals surface area contributed by atoms with Gasteiger partial charge in [0.15, 0.2) is 14.9 Å². The molecule has 0 unspecified atom stereocenters. The van der Waals surface area contributed by atoms with Crippen LogP contribution in [-0.2, 0) is 16.4 Å². The summed E-state index contributed by atoms with van der Waals surface area (Å²) in [6, 6.07) is 10.6. The molecule has 0 radical (unpaired) electrons. The first-order valence-electron chi connectivity index (χ1n) is 8.85. The van der Waals surface area contributed by atoms with Crippen LogP contribution in [0, 0.1) is 0 Å². The molecule has 24 heavy (non-hydrogen) atoms. The molecule has 1 aliphatic carbocycles. The lowest BCUT2D eigenvalue weighted by Gasteiger charge is -2.34. The fraction of sp³-hybridized carbons (Fsp3) is 0.611. The summed E-state index contributed by atoms with van der Waals surface area (Å²) >= 11 is 5.69. The van der Waals surface area contributed by atoms with Crippen LogP contribution in [0.5, 0.6) is 0 Å². The van der Waals surface area contributed by atoms with E-state index in [1.54, 1.807) is 0 Å². The highest BCUT2D eigenvalue weighted by molar-refractivity contribution is 7.91. The fourth-order valence-electron chi connectivity index (χ4n) is 3.67. The molecule has 132 valence electrons. The van der Waals surface area contributed by atoms with Gasteiger partial charge in [-0.25, -0.2) is 8.42 Å². The number of hydrogen-bond donors (Lipinski definition) is 1. The molecule has 3 rings (SSSR count). The molecule has 6 heteroatoms. The van der Waals surface area contributed by atoms with Gasteiger partial charge in [-0.2, -0.15) is 0 Å². The Kier molecular flexibility index (Phi) is 5.76. The number of nitrogens with one attached hydrogen (secondary N) is 1. The zero-order chi connectivity index (χ0) is 17.0. The molecule has 1 N–H and O–H groups in total. The molecule has 2 aliphatic rings. The Morgan fingerprint density at radius 3 is 2.46 bits per heavy atom. The molecule has 1 atom stereocenters. The predicted octanol–water partition coefficient (Wildman–Crippen LogP) is 2.88. The maximum atomic E-state index is 11.9. The summed E-state index contributed by atoms with van der Waals surface area (Å²) in [7, 11) is -2.93. The Morgan fingerprint density at radius 2 is 1.83 bits per heavy atom. The Morgan fingerprint density at radius 1 is 1.12 bits per heavy atom. The van der Waals surface area contributed by atoms with Crippen molar-refractivity contribution >= 4 is 27.2 Å². The van der Waals surface area contributed by atoms with Gasteiger partial charge in [-0.15, -0.1) is 0 Å². The smallest absolute Gasteiger partial charge is 0.169 e. The lowest BCUT2D eigenvalue weighted by Crippen LogP contribution is -2.49. The molecular formula is C18H26N2O2S2. The van der Waals surface area contributed by atoms with Crippen molar-refractivity contribution in [2.24, 2.45) is 0 Å². The molecule has 4 nitrogen and oxygen atoms in total. The molecule has 0 spiro atoms. The standard InChI is InChI=1S/C18H26N2O2S2/c21-24(22)12-11-17(14-24)20(13-15-7-3-1-4-8-15)18(23)19-16-9-5-2-6-10-16/h1,3-4,7-8,16-17H,2,5-6,9-14H2,(H,19,23)/t17-/m1/s1. The van der Waals surface area contributed by atoms with Gasteiger partial charge >= 0.3 is 0 Å². The number of hydrogen-bond acceptors (Lipinski definition) is 3. The van der Waals surface area contributed by atoms with Crippen LogP contribution in [0.4, 0.5) is 0 Å². The average molecular weight is 367 g/mol. The van der Waals surface area contributed by atoms with Crippen molar-refractivity contribution in [3.63, 3.8) is 0 Å². The molecule has 1 saturated carbocycles. The van der Waals surface area contributed by atoms with Crippen LogP contribution in [0.25, 0.3) is 0 Å². The first kappa shape index (κ1) is 17.7. The monoisotopic (exact) mass is 366 g/mol. The van der Waals surface area contributed by atoms with Gasteiger partial charge < -0.3 is 10.2 Å². The normalized spacial score (nSPS) is 23.8. The van der Waals surface area contributed by atoms with Crippen LogP contribution < -0.4 is 5.32 Å². The highest BCUT2D eigenvalue weighted by Gasteiger charge is 2.34. The van der Waals surface area contributed by atoms with Crippen LogP contribution in [0.1, 0.15) is 44.1 Å². The van der Waals surface area contributed by atoms with Gasteiger partial charge in [0.1, 0.15) is 0 Å². The van der Waals surface area contributed by atoms with E-state index in [0.29, 0.717) is 24.1 Å². The van der Waals surface area contributed by atoms with E-state index in [-0.39, 0.29) is 17.5 Å². The van der Waals surface area contributed by atoms with Crippen molar-refractivity contribution in [3.05, 3.63) is 35.9 Å². The molecule has 1 aromatic rings. The summed E-state index contributed by atoms with van der Waals surface area (Å²) in [5.74, 6) is 0.487. The van der Waals surface area contributed by atoms with E-state index >= 15 is 0 Å². The minimum absolute atomic E-state index is 0.0150. The minimum atomic E-state index is -2.93. The highest BCUT2D eigenvalue weighted by atomic mass is 32.2. The van der Waals surface area contributed by atoms with Gasteiger partial charge in [0.2, 0.25) is 0 Å².